The highest BCUT2D eigenvalue weighted by molar-refractivity contribution is 5.95. The molecule has 1 heterocycles. The van der Waals surface area contributed by atoms with Gasteiger partial charge in [-0.1, -0.05) is 31.2 Å². The van der Waals surface area contributed by atoms with Crippen LogP contribution >= 0.6 is 0 Å². The number of carbonyl (C=O) groups excluding carboxylic acids is 1. The molecule has 0 radical (unpaired) electrons. The van der Waals surface area contributed by atoms with Gasteiger partial charge in [0.2, 0.25) is 5.91 Å². The lowest BCUT2D eigenvalue weighted by atomic mass is 9.98. The molecule has 1 atom stereocenters. The van der Waals surface area contributed by atoms with E-state index in [4.69, 9.17) is 0 Å². The summed E-state index contributed by atoms with van der Waals surface area (Å²) in [5.41, 5.74) is 2.20. The van der Waals surface area contributed by atoms with Crippen molar-refractivity contribution in [2.45, 2.75) is 26.7 Å². The summed E-state index contributed by atoms with van der Waals surface area (Å²) in [6.45, 7) is 4.87. The molecule has 0 spiro atoms. The first-order valence-corrected chi connectivity index (χ1v) is 6.26. The molecule has 0 bridgehead atoms. The summed E-state index contributed by atoms with van der Waals surface area (Å²) in [6.07, 6.45) is 6.20. The number of hydrogen-bond donors (Lipinski definition) is 0. The highest BCUT2D eigenvalue weighted by Gasteiger charge is 2.25. The molecule has 2 rings (SSSR count). The van der Waals surface area contributed by atoms with Gasteiger partial charge in [-0.05, 0) is 37.5 Å². The summed E-state index contributed by atoms with van der Waals surface area (Å²) in [6, 6.07) is 8.18. The minimum absolute atomic E-state index is 0.166. The number of rotatable bonds is 2. The third-order valence-electron chi connectivity index (χ3n) is 3.27. The van der Waals surface area contributed by atoms with Crippen LogP contribution in [-0.2, 0) is 4.79 Å². The maximum Gasteiger partial charge on any atom is 0.229 e. The summed E-state index contributed by atoms with van der Waals surface area (Å²) in [7, 11) is 0. The Morgan fingerprint density at radius 1 is 1.29 bits per heavy atom. The van der Waals surface area contributed by atoms with Crippen LogP contribution in [0.1, 0.15) is 32.3 Å². The number of hydrogen-bond acceptors (Lipinski definition) is 1. The Bertz CT molecular complexity index is 419. The molecule has 1 saturated heterocycles. The molecule has 2 heteroatoms. The van der Waals surface area contributed by atoms with E-state index in [-0.39, 0.29) is 11.8 Å². The van der Waals surface area contributed by atoms with Crippen molar-refractivity contribution in [3.8, 4) is 0 Å². The molecule has 1 fully saturated rings. The molecule has 1 unspecified atom stereocenters. The van der Waals surface area contributed by atoms with Crippen molar-refractivity contribution in [1.82, 2.24) is 0 Å². The average Bonchev–Trinajstić information content (AvgIpc) is 2.34. The predicted molar refractivity (Wildman–Crippen MR) is 71.9 cm³/mol. The highest BCUT2D eigenvalue weighted by atomic mass is 16.2. The Kier molecular flexibility index (Phi) is 3.62. The molecule has 17 heavy (non-hydrogen) atoms. The Labute approximate surface area is 103 Å². The van der Waals surface area contributed by atoms with Crippen LogP contribution in [0.25, 0.3) is 6.08 Å². The van der Waals surface area contributed by atoms with E-state index in [2.05, 4.69) is 18.2 Å². The monoisotopic (exact) mass is 229 g/mol. The van der Waals surface area contributed by atoms with Gasteiger partial charge in [0.25, 0.3) is 0 Å². The van der Waals surface area contributed by atoms with Crippen molar-refractivity contribution in [3.63, 3.8) is 0 Å². The lowest BCUT2D eigenvalue weighted by Gasteiger charge is -2.30. The Morgan fingerprint density at radius 3 is 2.65 bits per heavy atom. The molecule has 1 aromatic rings. The van der Waals surface area contributed by atoms with Gasteiger partial charge >= 0.3 is 0 Å². The number of anilines is 1. The van der Waals surface area contributed by atoms with Crippen LogP contribution in [-0.4, -0.2) is 12.5 Å². The van der Waals surface area contributed by atoms with Crippen LogP contribution in [0.2, 0.25) is 0 Å². The van der Waals surface area contributed by atoms with Gasteiger partial charge in [0.15, 0.2) is 0 Å². The molecule has 0 aromatic heterocycles. The number of amides is 1. The van der Waals surface area contributed by atoms with Gasteiger partial charge in [-0.2, -0.15) is 0 Å². The smallest absolute Gasteiger partial charge is 0.229 e. The van der Waals surface area contributed by atoms with E-state index >= 15 is 0 Å². The molecular weight excluding hydrogens is 210 g/mol. The van der Waals surface area contributed by atoms with E-state index in [1.807, 2.05) is 37.0 Å². The Hall–Kier alpha value is -1.57. The van der Waals surface area contributed by atoms with E-state index in [1.54, 1.807) is 0 Å². The first-order valence-electron chi connectivity index (χ1n) is 6.26. The summed E-state index contributed by atoms with van der Waals surface area (Å²) < 4.78 is 0. The van der Waals surface area contributed by atoms with Crippen molar-refractivity contribution in [3.05, 3.63) is 35.9 Å². The molecule has 0 saturated carbocycles. The lowest BCUT2D eigenvalue weighted by molar-refractivity contribution is -0.123. The summed E-state index contributed by atoms with van der Waals surface area (Å²) >= 11 is 0. The molecule has 90 valence electrons. The van der Waals surface area contributed by atoms with Crippen LogP contribution in [0.4, 0.5) is 5.69 Å². The highest BCUT2D eigenvalue weighted by Crippen LogP contribution is 2.24. The number of piperidine rings is 1. The first-order chi connectivity index (χ1) is 8.22. The first kappa shape index (κ1) is 11.9. The second-order valence-corrected chi connectivity index (χ2v) is 4.62. The third kappa shape index (κ3) is 2.57. The van der Waals surface area contributed by atoms with Crippen molar-refractivity contribution >= 4 is 17.7 Å². The Morgan fingerprint density at radius 2 is 2.00 bits per heavy atom. The number of benzene rings is 1. The number of allylic oxidation sites excluding steroid dienone is 1. The van der Waals surface area contributed by atoms with E-state index < -0.39 is 0 Å². The van der Waals surface area contributed by atoms with Crippen molar-refractivity contribution in [1.29, 1.82) is 0 Å². The summed E-state index contributed by atoms with van der Waals surface area (Å²) in [5.74, 6) is 0.425. The van der Waals surface area contributed by atoms with Gasteiger partial charge in [0.05, 0.1) is 0 Å². The second kappa shape index (κ2) is 5.17. The number of carbonyl (C=O) groups is 1. The van der Waals surface area contributed by atoms with Crippen LogP contribution in [0, 0.1) is 5.92 Å². The second-order valence-electron chi connectivity index (χ2n) is 4.62. The van der Waals surface area contributed by atoms with Gasteiger partial charge < -0.3 is 4.90 Å². The topological polar surface area (TPSA) is 20.3 Å². The normalized spacial score (nSPS) is 21.2. The molecule has 2 nitrogen and oxygen atoms in total. The van der Waals surface area contributed by atoms with Gasteiger partial charge in [-0.15, -0.1) is 0 Å². The molecule has 0 N–H and O–H groups in total. The minimum atomic E-state index is 0.166. The van der Waals surface area contributed by atoms with Crippen molar-refractivity contribution < 1.29 is 4.79 Å². The van der Waals surface area contributed by atoms with Crippen molar-refractivity contribution in [2.24, 2.45) is 5.92 Å². The van der Waals surface area contributed by atoms with Crippen molar-refractivity contribution in [2.75, 3.05) is 11.4 Å². The van der Waals surface area contributed by atoms with Crippen LogP contribution in [0.5, 0.6) is 0 Å². The lowest BCUT2D eigenvalue weighted by Crippen LogP contribution is -2.40. The van der Waals surface area contributed by atoms with E-state index in [0.717, 1.165) is 25.1 Å². The average molecular weight is 229 g/mol. The maximum atomic E-state index is 12.0. The molecule has 1 aliphatic rings. The zero-order valence-electron chi connectivity index (χ0n) is 10.5. The van der Waals surface area contributed by atoms with Crippen LogP contribution < -0.4 is 4.90 Å². The molecule has 0 aliphatic carbocycles. The van der Waals surface area contributed by atoms with Crippen LogP contribution in [0.15, 0.2) is 30.3 Å². The standard InChI is InChI=1S/C15H19NO/c1-3-5-13-7-9-14(10-8-13)16-11-4-6-12(2)15(16)17/h3,5,7-10,12H,4,6,11H2,1-2H3/b5-3+. The molecular formula is C15H19NO. The third-order valence-corrected chi connectivity index (χ3v) is 3.27. The van der Waals surface area contributed by atoms with E-state index in [9.17, 15) is 4.79 Å². The molecule has 1 aliphatic heterocycles. The fourth-order valence-electron chi connectivity index (χ4n) is 2.27. The molecule has 1 amide bonds. The number of nitrogens with zero attached hydrogens (tertiary/aromatic N) is 1. The SMILES string of the molecule is C/C=C/c1ccc(N2CCCC(C)C2=O)cc1. The van der Waals surface area contributed by atoms with Gasteiger partial charge in [0, 0.05) is 18.2 Å². The van der Waals surface area contributed by atoms with Gasteiger partial charge in [0.1, 0.15) is 0 Å². The minimum Gasteiger partial charge on any atom is -0.312 e. The molecule has 1 aromatic carbocycles. The summed E-state index contributed by atoms with van der Waals surface area (Å²) in [5, 5.41) is 0. The predicted octanol–water partition coefficient (Wildman–Crippen LogP) is 3.48. The largest absolute Gasteiger partial charge is 0.312 e. The van der Waals surface area contributed by atoms with E-state index in [0.29, 0.717) is 0 Å². The maximum absolute atomic E-state index is 12.0. The van der Waals surface area contributed by atoms with Gasteiger partial charge in [-0.25, -0.2) is 0 Å². The van der Waals surface area contributed by atoms with E-state index in [1.165, 1.54) is 5.56 Å². The summed E-state index contributed by atoms with van der Waals surface area (Å²) in [4.78, 5) is 14.0. The fourth-order valence-corrected chi connectivity index (χ4v) is 2.27. The zero-order valence-corrected chi connectivity index (χ0v) is 10.5. The fraction of sp³-hybridized carbons (Fsp3) is 0.400. The quantitative estimate of drug-likeness (QED) is 0.760. The van der Waals surface area contributed by atoms with Crippen LogP contribution in [0.3, 0.4) is 0 Å². The van der Waals surface area contributed by atoms with Gasteiger partial charge in [-0.3, -0.25) is 4.79 Å². The Balaban J connectivity index is 2.19. The zero-order chi connectivity index (χ0) is 12.3.